The number of hydrogen-bond acceptors (Lipinski definition) is 0. The molecule has 0 saturated heterocycles. The molecule has 0 aliphatic heterocycles. The highest BCUT2D eigenvalue weighted by atomic mass is 35.5. The molecule has 40 valence electrons. The van der Waals surface area contributed by atoms with Gasteiger partial charge in [0.25, 0.3) is 0 Å². The standard InChI is InChI=1S/C4H3Cl3/c1-2-3(5)4(2,6)7/h1H3. The molecule has 7 heavy (non-hydrogen) atoms. The van der Waals surface area contributed by atoms with Crippen molar-refractivity contribution in [2.75, 3.05) is 0 Å². The fourth-order valence-electron chi connectivity index (χ4n) is 0.311. The SMILES string of the molecule is CC1=C(Cl)C1(Cl)Cl. The molecule has 0 atom stereocenters. The van der Waals surface area contributed by atoms with Gasteiger partial charge in [0.05, 0.1) is 5.03 Å². The van der Waals surface area contributed by atoms with Crippen molar-refractivity contribution in [2.24, 2.45) is 0 Å². The largest absolute Gasteiger partial charge is 0.175 e. The van der Waals surface area contributed by atoms with Crippen molar-refractivity contribution in [1.29, 1.82) is 0 Å². The first-order chi connectivity index (χ1) is 3.07. The first kappa shape index (κ1) is 5.74. The number of alkyl halides is 2. The van der Waals surface area contributed by atoms with Crippen LogP contribution in [0.3, 0.4) is 0 Å². The van der Waals surface area contributed by atoms with Crippen LogP contribution in [-0.4, -0.2) is 4.33 Å². The monoisotopic (exact) mass is 156 g/mol. The van der Waals surface area contributed by atoms with E-state index in [0.29, 0.717) is 5.03 Å². The zero-order chi connectivity index (χ0) is 5.65. The predicted molar refractivity (Wildman–Crippen MR) is 33.0 cm³/mol. The summed E-state index contributed by atoms with van der Waals surface area (Å²) in [6, 6.07) is 0. The molecule has 0 aromatic heterocycles. The molecule has 1 aliphatic carbocycles. The maximum Gasteiger partial charge on any atom is 0.175 e. The number of halogens is 3. The van der Waals surface area contributed by atoms with Gasteiger partial charge < -0.3 is 0 Å². The van der Waals surface area contributed by atoms with Crippen LogP contribution in [0.2, 0.25) is 0 Å². The summed E-state index contributed by atoms with van der Waals surface area (Å²) in [6.07, 6.45) is 0. The molecule has 0 nitrogen and oxygen atoms in total. The van der Waals surface area contributed by atoms with Gasteiger partial charge in [0.1, 0.15) is 0 Å². The van der Waals surface area contributed by atoms with Crippen LogP contribution in [0.25, 0.3) is 0 Å². The maximum absolute atomic E-state index is 5.50. The molecule has 0 fully saturated rings. The quantitative estimate of drug-likeness (QED) is 0.474. The first-order valence-electron chi connectivity index (χ1n) is 1.82. The molecule has 0 spiro atoms. The van der Waals surface area contributed by atoms with Crippen molar-refractivity contribution < 1.29 is 0 Å². The Balaban J connectivity index is 2.69. The Morgan fingerprint density at radius 2 is 1.57 bits per heavy atom. The topological polar surface area (TPSA) is 0 Å². The fraction of sp³-hybridized carbons (Fsp3) is 0.500. The lowest BCUT2D eigenvalue weighted by atomic mass is 10.6. The molecule has 1 aliphatic rings. The van der Waals surface area contributed by atoms with Gasteiger partial charge in [-0.05, 0) is 12.5 Å². The van der Waals surface area contributed by atoms with Gasteiger partial charge in [-0.3, -0.25) is 0 Å². The Bertz CT molecular complexity index is 120. The van der Waals surface area contributed by atoms with Gasteiger partial charge in [-0.15, -0.1) is 0 Å². The van der Waals surface area contributed by atoms with E-state index < -0.39 is 4.33 Å². The molecule has 0 amide bonds. The molecule has 0 aromatic carbocycles. The Kier molecular flexibility index (Phi) is 1.07. The third kappa shape index (κ3) is 0.658. The van der Waals surface area contributed by atoms with Crippen molar-refractivity contribution in [2.45, 2.75) is 11.3 Å². The van der Waals surface area contributed by atoms with Gasteiger partial charge in [-0.25, -0.2) is 0 Å². The minimum absolute atomic E-state index is 0.579. The van der Waals surface area contributed by atoms with E-state index >= 15 is 0 Å². The maximum atomic E-state index is 5.50. The molecule has 0 aromatic rings. The second kappa shape index (κ2) is 1.31. The van der Waals surface area contributed by atoms with Crippen molar-refractivity contribution in [3.63, 3.8) is 0 Å². The van der Waals surface area contributed by atoms with E-state index in [1.54, 1.807) is 0 Å². The lowest BCUT2D eigenvalue weighted by molar-refractivity contribution is 1.37. The Morgan fingerprint density at radius 3 is 1.57 bits per heavy atom. The van der Waals surface area contributed by atoms with Crippen LogP contribution in [0.15, 0.2) is 10.6 Å². The molecule has 0 saturated carbocycles. The average molecular weight is 157 g/mol. The smallest absolute Gasteiger partial charge is 0.0902 e. The van der Waals surface area contributed by atoms with E-state index in [9.17, 15) is 0 Å². The van der Waals surface area contributed by atoms with E-state index in [4.69, 9.17) is 34.8 Å². The third-order valence-electron chi connectivity index (χ3n) is 1.01. The average Bonchev–Trinajstić information content (AvgIpc) is 1.91. The molecule has 0 radical (unpaired) electrons. The highest BCUT2D eigenvalue weighted by Crippen LogP contribution is 2.54. The lowest BCUT2D eigenvalue weighted by Gasteiger charge is -1.89. The summed E-state index contributed by atoms with van der Waals surface area (Å²) in [5.74, 6) is 0. The van der Waals surface area contributed by atoms with Crippen molar-refractivity contribution >= 4 is 34.8 Å². The van der Waals surface area contributed by atoms with E-state index in [1.165, 1.54) is 0 Å². The summed E-state index contributed by atoms with van der Waals surface area (Å²) in [5.41, 5.74) is 0.873. The molecule has 0 unspecified atom stereocenters. The van der Waals surface area contributed by atoms with Gasteiger partial charge >= 0.3 is 0 Å². The van der Waals surface area contributed by atoms with Crippen LogP contribution in [0.4, 0.5) is 0 Å². The normalized spacial score (nSPS) is 25.7. The summed E-state index contributed by atoms with van der Waals surface area (Å²) in [5, 5.41) is 0.579. The van der Waals surface area contributed by atoms with E-state index in [0.717, 1.165) is 5.57 Å². The molecule has 1 rings (SSSR count). The van der Waals surface area contributed by atoms with Crippen LogP contribution in [-0.2, 0) is 0 Å². The van der Waals surface area contributed by atoms with Crippen LogP contribution < -0.4 is 0 Å². The summed E-state index contributed by atoms with van der Waals surface area (Å²) in [4.78, 5) is 0. The van der Waals surface area contributed by atoms with Gasteiger partial charge in [0.2, 0.25) is 0 Å². The van der Waals surface area contributed by atoms with Crippen LogP contribution in [0, 0.1) is 0 Å². The second-order valence-corrected chi connectivity index (χ2v) is 3.22. The molecular weight excluding hydrogens is 154 g/mol. The molecule has 3 heteroatoms. The van der Waals surface area contributed by atoms with Crippen LogP contribution >= 0.6 is 34.8 Å². The van der Waals surface area contributed by atoms with Gasteiger partial charge in [-0.2, -0.15) is 0 Å². The van der Waals surface area contributed by atoms with Gasteiger partial charge in [-0.1, -0.05) is 34.8 Å². The molecule has 0 heterocycles. The summed E-state index contributed by atoms with van der Waals surface area (Å²) >= 11 is 16.4. The van der Waals surface area contributed by atoms with Crippen LogP contribution in [0.1, 0.15) is 6.92 Å². The Morgan fingerprint density at radius 1 is 1.43 bits per heavy atom. The first-order valence-corrected chi connectivity index (χ1v) is 2.95. The fourth-order valence-corrected chi connectivity index (χ4v) is 1.02. The number of rotatable bonds is 0. The minimum atomic E-state index is -0.790. The predicted octanol–water partition coefficient (Wildman–Crippen LogP) is 2.69. The zero-order valence-corrected chi connectivity index (χ0v) is 5.90. The van der Waals surface area contributed by atoms with Crippen molar-refractivity contribution in [3.05, 3.63) is 10.6 Å². The molecule has 0 bridgehead atoms. The third-order valence-corrected chi connectivity index (χ3v) is 2.72. The summed E-state index contributed by atoms with van der Waals surface area (Å²) in [7, 11) is 0. The van der Waals surface area contributed by atoms with E-state index in [1.807, 2.05) is 6.92 Å². The van der Waals surface area contributed by atoms with Crippen LogP contribution in [0.5, 0.6) is 0 Å². The molecular formula is C4H3Cl3. The Labute approximate surface area is 57.0 Å². The lowest BCUT2D eigenvalue weighted by Crippen LogP contribution is -1.86. The van der Waals surface area contributed by atoms with Crippen molar-refractivity contribution in [1.82, 2.24) is 0 Å². The molecule has 0 N–H and O–H groups in total. The van der Waals surface area contributed by atoms with Crippen molar-refractivity contribution in [3.8, 4) is 0 Å². The van der Waals surface area contributed by atoms with E-state index in [-0.39, 0.29) is 0 Å². The summed E-state index contributed by atoms with van der Waals surface area (Å²) in [6.45, 7) is 1.81. The Hall–Kier alpha value is 0.610. The second-order valence-electron chi connectivity index (χ2n) is 1.51. The summed E-state index contributed by atoms with van der Waals surface area (Å²) < 4.78 is -0.790. The number of hydrogen-bond donors (Lipinski definition) is 0. The number of allylic oxidation sites excluding steroid dienone is 2. The highest BCUT2D eigenvalue weighted by molar-refractivity contribution is 6.63. The van der Waals surface area contributed by atoms with Gasteiger partial charge in [0, 0.05) is 0 Å². The minimum Gasteiger partial charge on any atom is -0.0902 e. The zero-order valence-electron chi connectivity index (χ0n) is 3.63. The highest BCUT2D eigenvalue weighted by Gasteiger charge is 2.46. The van der Waals surface area contributed by atoms with Gasteiger partial charge in [0.15, 0.2) is 4.33 Å². The van der Waals surface area contributed by atoms with E-state index in [2.05, 4.69) is 0 Å².